The first-order valence-electron chi connectivity index (χ1n) is 25.0. The van der Waals surface area contributed by atoms with Crippen LogP contribution in [0.25, 0.3) is 0 Å². The second-order valence-electron chi connectivity index (χ2n) is 17.4. The van der Waals surface area contributed by atoms with Crippen molar-refractivity contribution in [2.24, 2.45) is 0 Å². The molecule has 10 heteroatoms. The number of hydrogen-bond acceptors (Lipinski definition) is 10. The van der Waals surface area contributed by atoms with Gasteiger partial charge >= 0.3 is 11.9 Å². The SMILES string of the molecule is CCCCCCCCCCCCC/C=C/C=C/C(=O)OC[C@H](CO[C@@H]1O[C@H](CO)[C@H](O)C(O)C1O)OC(=O)CCCCCCCCCCCCCCCCCCCCCC. The largest absolute Gasteiger partial charge is 0.458 e. The molecule has 1 aliphatic rings. The summed E-state index contributed by atoms with van der Waals surface area (Å²) >= 11 is 0. The molecule has 10 nitrogen and oxygen atoms in total. The number of ether oxygens (including phenoxy) is 4. The number of aliphatic hydroxyl groups is 4. The van der Waals surface area contributed by atoms with E-state index in [1.807, 2.05) is 12.2 Å². The minimum Gasteiger partial charge on any atom is -0.458 e. The summed E-state index contributed by atoms with van der Waals surface area (Å²) in [5.74, 6) is -1.05. The van der Waals surface area contributed by atoms with E-state index < -0.39 is 55.4 Å². The van der Waals surface area contributed by atoms with Gasteiger partial charge in [-0.25, -0.2) is 4.79 Å². The number of unbranched alkanes of at least 4 members (excludes halogenated alkanes) is 30. The first-order valence-corrected chi connectivity index (χ1v) is 25.0. The monoisotopic (exact) mass is 853 g/mol. The average molecular weight is 853 g/mol. The van der Waals surface area contributed by atoms with E-state index in [2.05, 4.69) is 13.8 Å². The van der Waals surface area contributed by atoms with Crippen molar-refractivity contribution in [3.05, 3.63) is 24.3 Å². The molecule has 0 bridgehead atoms. The molecule has 1 heterocycles. The molecular formula is C50H92O10. The summed E-state index contributed by atoms with van der Waals surface area (Å²) < 4.78 is 22.0. The quantitative estimate of drug-likeness (QED) is 0.0202. The van der Waals surface area contributed by atoms with Crippen LogP contribution in [-0.2, 0) is 28.5 Å². The van der Waals surface area contributed by atoms with Crippen molar-refractivity contribution < 1.29 is 49.0 Å². The molecule has 0 aromatic carbocycles. The highest BCUT2D eigenvalue weighted by atomic mass is 16.7. The van der Waals surface area contributed by atoms with Crippen LogP contribution in [0.5, 0.6) is 0 Å². The lowest BCUT2D eigenvalue weighted by atomic mass is 9.99. The van der Waals surface area contributed by atoms with Gasteiger partial charge in [-0.2, -0.15) is 0 Å². The van der Waals surface area contributed by atoms with Gasteiger partial charge in [0, 0.05) is 12.5 Å². The van der Waals surface area contributed by atoms with Crippen molar-refractivity contribution in [1.29, 1.82) is 0 Å². The minimum atomic E-state index is -1.60. The molecule has 1 fully saturated rings. The molecule has 0 saturated carbocycles. The van der Waals surface area contributed by atoms with Crippen LogP contribution in [0.15, 0.2) is 24.3 Å². The van der Waals surface area contributed by atoms with Gasteiger partial charge in [0.15, 0.2) is 12.4 Å². The second kappa shape index (κ2) is 41.2. The Bertz CT molecular complexity index is 1030. The molecule has 0 radical (unpaired) electrons. The van der Waals surface area contributed by atoms with Crippen molar-refractivity contribution in [3.8, 4) is 0 Å². The maximum Gasteiger partial charge on any atom is 0.330 e. The molecule has 0 aromatic heterocycles. The zero-order chi connectivity index (χ0) is 43.7. The molecular weight excluding hydrogens is 761 g/mol. The Morgan fingerprint density at radius 3 is 1.43 bits per heavy atom. The molecule has 1 saturated heterocycles. The van der Waals surface area contributed by atoms with Crippen molar-refractivity contribution in [3.63, 3.8) is 0 Å². The van der Waals surface area contributed by atoms with Gasteiger partial charge in [-0.05, 0) is 19.3 Å². The summed E-state index contributed by atoms with van der Waals surface area (Å²) in [5.41, 5.74) is 0. The summed E-state index contributed by atoms with van der Waals surface area (Å²) in [6, 6.07) is 0. The summed E-state index contributed by atoms with van der Waals surface area (Å²) in [6.07, 6.45) is 39.6. The molecule has 1 aliphatic heterocycles. The maximum atomic E-state index is 12.8. The minimum absolute atomic E-state index is 0.216. The summed E-state index contributed by atoms with van der Waals surface area (Å²) in [5, 5.41) is 40.1. The molecule has 1 rings (SSSR count). The van der Waals surface area contributed by atoms with Crippen molar-refractivity contribution >= 4 is 11.9 Å². The van der Waals surface area contributed by atoms with Gasteiger partial charge in [0.05, 0.1) is 13.2 Å². The second-order valence-corrected chi connectivity index (χ2v) is 17.4. The molecule has 0 amide bonds. The number of rotatable bonds is 42. The molecule has 60 heavy (non-hydrogen) atoms. The van der Waals surface area contributed by atoms with Crippen LogP contribution >= 0.6 is 0 Å². The van der Waals surface area contributed by atoms with E-state index in [0.717, 1.165) is 32.1 Å². The van der Waals surface area contributed by atoms with Crippen LogP contribution in [0.3, 0.4) is 0 Å². The molecule has 4 N–H and O–H groups in total. The molecule has 0 spiro atoms. The van der Waals surface area contributed by atoms with Crippen LogP contribution in [-0.4, -0.2) is 89.0 Å². The Labute approximate surface area is 366 Å². The molecule has 2 unspecified atom stereocenters. The van der Waals surface area contributed by atoms with Crippen molar-refractivity contribution in [1.82, 2.24) is 0 Å². The Morgan fingerprint density at radius 1 is 0.550 bits per heavy atom. The molecule has 0 aliphatic carbocycles. The third-order valence-corrected chi connectivity index (χ3v) is 11.7. The van der Waals surface area contributed by atoms with E-state index in [1.165, 1.54) is 173 Å². The smallest absolute Gasteiger partial charge is 0.330 e. The third kappa shape index (κ3) is 31.9. The highest BCUT2D eigenvalue weighted by Crippen LogP contribution is 2.23. The Morgan fingerprint density at radius 2 is 0.983 bits per heavy atom. The highest BCUT2D eigenvalue weighted by molar-refractivity contribution is 5.82. The van der Waals surface area contributed by atoms with Crippen molar-refractivity contribution in [2.45, 2.75) is 263 Å². The van der Waals surface area contributed by atoms with Gasteiger partial charge in [-0.15, -0.1) is 0 Å². The van der Waals surface area contributed by atoms with Gasteiger partial charge in [-0.3, -0.25) is 4.79 Å². The van der Waals surface area contributed by atoms with Gasteiger partial charge in [0.2, 0.25) is 0 Å². The lowest BCUT2D eigenvalue weighted by molar-refractivity contribution is -0.305. The number of aliphatic hydroxyl groups excluding tert-OH is 4. The number of allylic oxidation sites excluding steroid dienone is 3. The number of esters is 2. The molecule has 6 atom stereocenters. The van der Waals surface area contributed by atoms with Crippen LogP contribution in [0.4, 0.5) is 0 Å². The molecule has 0 aromatic rings. The van der Waals surface area contributed by atoms with Crippen molar-refractivity contribution in [2.75, 3.05) is 19.8 Å². The Kier molecular flexibility index (Phi) is 38.6. The zero-order valence-electron chi connectivity index (χ0n) is 38.5. The fraction of sp³-hybridized carbons (Fsp3) is 0.880. The predicted molar refractivity (Wildman–Crippen MR) is 243 cm³/mol. The van der Waals surface area contributed by atoms with Gasteiger partial charge in [0.25, 0.3) is 0 Å². The van der Waals surface area contributed by atoms with Crippen LogP contribution in [0.1, 0.15) is 226 Å². The Hall–Kier alpha value is -1.82. The van der Waals surface area contributed by atoms with E-state index in [4.69, 9.17) is 18.9 Å². The van der Waals surface area contributed by atoms with Gasteiger partial charge in [0.1, 0.15) is 31.0 Å². The maximum absolute atomic E-state index is 12.8. The lowest BCUT2D eigenvalue weighted by Gasteiger charge is -2.39. The van der Waals surface area contributed by atoms with Gasteiger partial charge < -0.3 is 39.4 Å². The number of carbonyl (C=O) groups excluding carboxylic acids is 2. The fourth-order valence-electron chi connectivity index (χ4n) is 7.75. The summed E-state index contributed by atoms with van der Waals surface area (Å²) in [6.45, 7) is 3.34. The standard InChI is InChI=1S/C50H92O10/c1-3-5-7-9-11-13-15-17-19-20-21-22-23-25-27-29-31-33-35-37-39-46(53)59-43(42-58-50-49(56)48(55)47(54)44(40-51)60-50)41-57-45(52)38-36-34-32-30-28-26-24-18-16-14-12-10-8-6-4-2/h32,34,36,38,43-44,47-51,54-56H,3-31,33,35,37,39-42H2,1-2H3/b34-32+,38-36+/t43-,44-,47+,48?,49?,50-/m1/s1. The van der Waals surface area contributed by atoms with Crippen LogP contribution < -0.4 is 0 Å². The number of hydrogen-bond donors (Lipinski definition) is 4. The van der Waals surface area contributed by atoms with E-state index in [-0.39, 0.29) is 19.6 Å². The van der Waals surface area contributed by atoms with E-state index in [1.54, 1.807) is 6.08 Å². The third-order valence-electron chi connectivity index (χ3n) is 11.7. The topological polar surface area (TPSA) is 152 Å². The average Bonchev–Trinajstić information content (AvgIpc) is 3.25. The predicted octanol–water partition coefficient (Wildman–Crippen LogP) is 11.3. The van der Waals surface area contributed by atoms with Gasteiger partial charge in [-0.1, -0.05) is 218 Å². The Balaban J connectivity index is 2.30. The summed E-state index contributed by atoms with van der Waals surface area (Å²) in [7, 11) is 0. The van der Waals surface area contributed by atoms with E-state index in [9.17, 15) is 30.0 Å². The van der Waals surface area contributed by atoms with Crippen LogP contribution in [0, 0.1) is 0 Å². The molecule has 352 valence electrons. The fourth-order valence-corrected chi connectivity index (χ4v) is 7.75. The van der Waals surface area contributed by atoms with E-state index >= 15 is 0 Å². The lowest BCUT2D eigenvalue weighted by Crippen LogP contribution is -2.59. The number of carbonyl (C=O) groups is 2. The highest BCUT2D eigenvalue weighted by Gasteiger charge is 2.44. The normalized spacial score (nSPS) is 20.0. The first kappa shape index (κ1) is 56.2. The van der Waals surface area contributed by atoms with E-state index in [0.29, 0.717) is 6.42 Å². The van der Waals surface area contributed by atoms with Crippen LogP contribution in [0.2, 0.25) is 0 Å². The zero-order valence-corrected chi connectivity index (χ0v) is 38.5. The summed E-state index contributed by atoms with van der Waals surface area (Å²) in [4.78, 5) is 25.3. The first-order chi connectivity index (χ1) is 29.3.